The normalized spacial score (nSPS) is 11.4. The SMILES string of the molecule is CCCCCn1c2nc(Br)[nH]c2c(=O)n2c(CCNC(=O)c3ccnc(C)c3)nnc12.O=C(O)C(F)(F)F. The number of carbonyl (C=O) groups excluding carboxylic acids is 1. The summed E-state index contributed by atoms with van der Waals surface area (Å²) < 4.78 is 35.6. The topological polar surface area (TPSA) is 160 Å². The molecule has 0 aromatic carbocycles. The fourth-order valence-electron chi connectivity index (χ4n) is 3.54. The predicted octanol–water partition coefficient (Wildman–Crippen LogP) is 3.03. The molecule has 0 radical (unpaired) electrons. The Morgan fingerprint density at radius 1 is 1.24 bits per heavy atom. The Morgan fingerprint density at radius 3 is 2.58 bits per heavy atom. The number of aromatic nitrogens is 7. The molecular formula is C22H24BrF3N8O4. The fraction of sp³-hybridized carbons (Fsp3) is 0.409. The Balaban J connectivity index is 0.000000505. The lowest BCUT2D eigenvalue weighted by atomic mass is 10.2. The van der Waals surface area contributed by atoms with Crippen molar-refractivity contribution in [2.45, 2.75) is 52.3 Å². The lowest BCUT2D eigenvalue weighted by Gasteiger charge is -2.09. The second kappa shape index (κ2) is 12.1. The van der Waals surface area contributed by atoms with E-state index in [0.29, 0.717) is 52.6 Å². The molecule has 204 valence electrons. The molecule has 0 aliphatic rings. The Kier molecular flexibility index (Phi) is 9.19. The van der Waals surface area contributed by atoms with Crippen LogP contribution < -0.4 is 10.9 Å². The smallest absolute Gasteiger partial charge is 0.475 e. The van der Waals surface area contributed by atoms with E-state index in [2.05, 4.69) is 53.3 Å². The number of aryl methyl sites for hydroxylation is 2. The van der Waals surface area contributed by atoms with Gasteiger partial charge in [0.05, 0.1) is 0 Å². The summed E-state index contributed by atoms with van der Waals surface area (Å²) >= 11 is 3.32. The molecule has 0 unspecified atom stereocenters. The number of fused-ring (bicyclic) bond motifs is 2. The van der Waals surface area contributed by atoms with Gasteiger partial charge in [-0.2, -0.15) is 13.2 Å². The minimum absolute atomic E-state index is 0.198. The van der Waals surface area contributed by atoms with Gasteiger partial charge in [0.2, 0.25) is 5.78 Å². The standard InChI is InChI=1S/C20H23BrN8O2.C2HF3O2/c1-3-4-5-10-28-16-15(24-19(21)25-16)18(31)29-14(26-27-20(28)29)7-9-23-17(30)13-6-8-22-12(2)11-13;3-2(4,5)1(6)7/h6,8,11H,3-5,7,9-10H2,1-2H3,(H,23,30)(H,24,25);(H,6,7). The number of imidazole rings is 1. The number of H-pyrrole nitrogens is 1. The van der Waals surface area contributed by atoms with Crippen LogP contribution >= 0.6 is 15.9 Å². The zero-order valence-corrected chi connectivity index (χ0v) is 21.9. The van der Waals surface area contributed by atoms with Crippen molar-refractivity contribution in [1.29, 1.82) is 0 Å². The fourth-order valence-corrected chi connectivity index (χ4v) is 3.91. The van der Waals surface area contributed by atoms with Crippen LogP contribution in [-0.4, -0.2) is 63.8 Å². The molecule has 4 rings (SSSR count). The average Bonchev–Trinajstić information content (AvgIpc) is 3.45. The molecule has 0 atom stereocenters. The molecule has 12 nitrogen and oxygen atoms in total. The third kappa shape index (κ3) is 6.73. The van der Waals surface area contributed by atoms with Crippen LogP contribution in [0.1, 0.15) is 48.1 Å². The summed E-state index contributed by atoms with van der Waals surface area (Å²) in [5, 5.41) is 18.5. The van der Waals surface area contributed by atoms with Gasteiger partial charge in [0, 0.05) is 37.0 Å². The summed E-state index contributed by atoms with van der Waals surface area (Å²) in [7, 11) is 0. The van der Waals surface area contributed by atoms with E-state index in [0.717, 1.165) is 25.0 Å². The van der Waals surface area contributed by atoms with Crippen molar-refractivity contribution in [3.63, 3.8) is 0 Å². The molecule has 16 heteroatoms. The summed E-state index contributed by atoms with van der Waals surface area (Å²) in [6, 6.07) is 3.39. The number of carbonyl (C=O) groups is 2. The van der Waals surface area contributed by atoms with Gasteiger partial charge in [-0.25, -0.2) is 14.2 Å². The minimum Gasteiger partial charge on any atom is -0.475 e. The number of aromatic amines is 1. The maximum atomic E-state index is 13.1. The van der Waals surface area contributed by atoms with Gasteiger partial charge in [-0.3, -0.25) is 19.1 Å². The zero-order valence-electron chi connectivity index (χ0n) is 20.3. The van der Waals surface area contributed by atoms with Crippen LogP contribution in [0.4, 0.5) is 13.2 Å². The van der Waals surface area contributed by atoms with E-state index in [1.54, 1.807) is 18.3 Å². The molecule has 0 bridgehead atoms. The monoisotopic (exact) mass is 600 g/mol. The van der Waals surface area contributed by atoms with Crippen LogP contribution in [0, 0.1) is 6.92 Å². The molecule has 4 aromatic heterocycles. The summed E-state index contributed by atoms with van der Waals surface area (Å²) in [6.45, 7) is 4.97. The lowest BCUT2D eigenvalue weighted by molar-refractivity contribution is -0.192. The van der Waals surface area contributed by atoms with E-state index >= 15 is 0 Å². The van der Waals surface area contributed by atoms with Gasteiger partial charge in [0.25, 0.3) is 11.5 Å². The molecule has 4 heterocycles. The molecule has 3 N–H and O–H groups in total. The first kappa shape index (κ1) is 28.7. The molecule has 0 fully saturated rings. The Morgan fingerprint density at radius 2 is 1.95 bits per heavy atom. The van der Waals surface area contributed by atoms with Crippen LogP contribution in [0.2, 0.25) is 0 Å². The summed E-state index contributed by atoms with van der Waals surface area (Å²) in [4.78, 5) is 45.9. The minimum atomic E-state index is -5.08. The number of alkyl halides is 3. The Bertz CT molecular complexity index is 1510. The van der Waals surface area contributed by atoms with Gasteiger partial charge in [-0.15, -0.1) is 10.2 Å². The first-order chi connectivity index (χ1) is 17.9. The second-order valence-corrected chi connectivity index (χ2v) is 8.89. The van der Waals surface area contributed by atoms with Gasteiger partial charge >= 0.3 is 12.1 Å². The van der Waals surface area contributed by atoms with Crippen LogP contribution in [0.15, 0.2) is 27.9 Å². The van der Waals surface area contributed by atoms with Gasteiger partial charge in [0.1, 0.15) is 5.82 Å². The molecule has 0 aliphatic heterocycles. The lowest BCUT2D eigenvalue weighted by Crippen LogP contribution is -2.27. The number of unbranched alkanes of at least 4 members (excludes halogenated alkanes) is 2. The highest BCUT2D eigenvalue weighted by atomic mass is 79.9. The van der Waals surface area contributed by atoms with Gasteiger partial charge < -0.3 is 15.4 Å². The molecule has 0 aliphatic carbocycles. The Hall–Kier alpha value is -3.82. The zero-order chi connectivity index (χ0) is 28.0. The largest absolute Gasteiger partial charge is 0.490 e. The number of hydrogen-bond donors (Lipinski definition) is 3. The van der Waals surface area contributed by atoms with Gasteiger partial charge in [0.15, 0.2) is 15.9 Å². The van der Waals surface area contributed by atoms with E-state index in [9.17, 15) is 22.8 Å². The molecular weight excluding hydrogens is 577 g/mol. The summed E-state index contributed by atoms with van der Waals surface area (Å²) in [5.41, 5.74) is 2.01. The molecule has 0 spiro atoms. The van der Waals surface area contributed by atoms with Crippen molar-refractivity contribution in [3.8, 4) is 0 Å². The highest BCUT2D eigenvalue weighted by Crippen LogP contribution is 2.17. The number of carboxylic acids is 1. The molecule has 4 aromatic rings. The van der Waals surface area contributed by atoms with Crippen LogP contribution in [0.3, 0.4) is 0 Å². The van der Waals surface area contributed by atoms with Crippen molar-refractivity contribution in [1.82, 2.24) is 39.4 Å². The van der Waals surface area contributed by atoms with Crippen molar-refractivity contribution in [3.05, 3.63) is 50.5 Å². The van der Waals surface area contributed by atoms with Crippen LogP contribution in [-0.2, 0) is 17.8 Å². The van der Waals surface area contributed by atoms with E-state index in [4.69, 9.17) is 9.90 Å². The molecule has 0 saturated carbocycles. The average molecular weight is 601 g/mol. The first-order valence-electron chi connectivity index (χ1n) is 11.5. The quantitative estimate of drug-likeness (QED) is 0.205. The van der Waals surface area contributed by atoms with Crippen molar-refractivity contribution >= 4 is 44.7 Å². The maximum Gasteiger partial charge on any atom is 0.490 e. The number of carboxylic acid groups (broad SMARTS) is 1. The molecule has 0 saturated heterocycles. The van der Waals surface area contributed by atoms with Crippen molar-refractivity contribution in [2.75, 3.05) is 6.54 Å². The third-order valence-corrected chi connectivity index (χ3v) is 5.68. The van der Waals surface area contributed by atoms with Gasteiger partial charge in [-0.05, 0) is 41.4 Å². The number of amides is 1. The number of hydrogen-bond acceptors (Lipinski definition) is 7. The summed E-state index contributed by atoms with van der Waals surface area (Å²) in [6.07, 6.45) is -0.0311. The number of rotatable bonds is 8. The number of halogens is 4. The number of pyridine rings is 1. The number of nitrogens with one attached hydrogen (secondary N) is 2. The number of nitrogens with zero attached hydrogens (tertiary/aromatic N) is 6. The molecule has 1 amide bonds. The van der Waals surface area contributed by atoms with E-state index in [-0.39, 0.29) is 11.5 Å². The Labute approximate surface area is 221 Å². The predicted molar refractivity (Wildman–Crippen MR) is 133 cm³/mol. The highest BCUT2D eigenvalue weighted by Gasteiger charge is 2.38. The van der Waals surface area contributed by atoms with Crippen LogP contribution in [0.5, 0.6) is 0 Å². The van der Waals surface area contributed by atoms with Crippen molar-refractivity contribution < 1.29 is 27.9 Å². The van der Waals surface area contributed by atoms with E-state index in [1.165, 1.54) is 4.40 Å². The van der Waals surface area contributed by atoms with Crippen molar-refractivity contribution in [2.24, 2.45) is 0 Å². The molecule has 38 heavy (non-hydrogen) atoms. The van der Waals surface area contributed by atoms with E-state index < -0.39 is 12.1 Å². The van der Waals surface area contributed by atoms with E-state index in [1.807, 2.05) is 11.5 Å². The second-order valence-electron chi connectivity index (χ2n) is 8.14. The summed E-state index contributed by atoms with van der Waals surface area (Å²) in [5.74, 6) is -2.01. The van der Waals surface area contributed by atoms with Gasteiger partial charge in [-0.1, -0.05) is 19.8 Å². The number of aliphatic carboxylic acids is 1. The maximum absolute atomic E-state index is 13.1. The first-order valence-corrected chi connectivity index (χ1v) is 12.3. The third-order valence-electron chi connectivity index (χ3n) is 5.30. The highest BCUT2D eigenvalue weighted by molar-refractivity contribution is 9.10. The van der Waals surface area contributed by atoms with Crippen LogP contribution in [0.25, 0.3) is 16.9 Å².